The molecule has 0 saturated carbocycles. The van der Waals surface area contributed by atoms with Gasteiger partial charge in [-0.25, -0.2) is 9.48 Å². The fourth-order valence-electron chi connectivity index (χ4n) is 3.31. The number of anilines is 3. The van der Waals surface area contributed by atoms with Crippen LogP contribution < -0.4 is 27.2 Å². The topological polar surface area (TPSA) is 131 Å². The minimum Gasteiger partial charge on any atom is -0.383 e. The number of rotatable bonds is 9. The van der Waals surface area contributed by atoms with E-state index in [9.17, 15) is 14.4 Å². The van der Waals surface area contributed by atoms with Gasteiger partial charge in [0, 0.05) is 24.7 Å². The number of halogens is 1. The van der Waals surface area contributed by atoms with Crippen LogP contribution in [0.2, 0.25) is 5.02 Å². The summed E-state index contributed by atoms with van der Waals surface area (Å²) in [7, 11) is 1.57. The number of likely N-dealkylation sites (N-methyl/N-ethyl adjacent to an activating group) is 1. The number of unbranched alkanes of at least 4 members (excludes halogenated alkanes) is 1. The maximum atomic E-state index is 12.7. The molecule has 0 aliphatic rings. The van der Waals surface area contributed by atoms with E-state index < -0.39 is 11.2 Å². The van der Waals surface area contributed by atoms with E-state index in [1.165, 1.54) is 9.47 Å². The maximum Gasteiger partial charge on any atom is 0.330 e. The van der Waals surface area contributed by atoms with Crippen LogP contribution in [-0.4, -0.2) is 38.8 Å². The number of nitrogens with zero attached hydrogens (tertiary/aromatic N) is 4. The molecular formula is C21H26ClN7O3. The molecule has 0 saturated heterocycles. The molecule has 0 aliphatic carbocycles. The fraction of sp³-hybridized carbons (Fsp3) is 0.333. The minimum absolute atomic E-state index is 0.0336. The smallest absolute Gasteiger partial charge is 0.330 e. The van der Waals surface area contributed by atoms with Gasteiger partial charge in [-0.3, -0.25) is 19.1 Å². The average molecular weight is 460 g/mol. The number of carbonyl (C=O) groups excluding carboxylic acids is 1. The number of hydrogen-bond donors (Lipinski definition) is 3. The molecule has 0 radical (unpaired) electrons. The number of nitrogens with two attached hydrogens (primary N) is 1. The van der Waals surface area contributed by atoms with Gasteiger partial charge in [-0.1, -0.05) is 43.1 Å². The largest absolute Gasteiger partial charge is 0.383 e. The number of nitrogens with one attached hydrogen (secondary N) is 2. The molecule has 11 heteroatoms. The molecule has 0 spiro atoms. The van der Waals surface area contributed by atoms with Crippen LogP contribution in [0.1, 0.15) is 25.3 Å². The van der Waals surface area contributed by atoms with Crippen LogP contribution in [0.25, 0.3) is 0 Å². The van der Waals surface area contributed by atoms with Crippen molar-refractivity contribution in [1.29, 1.82) is 0 Å². The lowest BCUT2D eigenvalue weighted by Gasteiger charge is -2.21. The summed E-state index contributed by atoms with van der Waals surface area (Å²) < 4.78 is 2.93. The zero-order valence-corrected chi connectivity index (χ0v) is 18.7. The molecule has 2 heterocycles. The Balaban J connectivity index is 1.74. The van der Waals surface area contributed by atoms with E-state index >= 15 is 0 Å². The number of amides is 1. The summed E-state index contributed by atoms with van der Waals surface area (Å²) in [6.07, 6.45) is 3.16. The molecule has 0 aliphatic heterocycles. The summed E-state index contributed by atoms with van der Waals surface area (Å²) in [5.41, 5.74) is 5.83. The molecule has 2 aromatic heterocycles. The third-order valence-electron chi connectivity index (χ3n) is 4.97. The lowest BCUT2D eigenvalue weighted by atomic mass is 10.2. The summed E-state index contributed by atoms with van der Waals surface area (Å²) in [4.78, 5) is 40.8. The summed E-state index contributed by atoms with van der Waals surface area (Å²) >= 11 is 6.22. The van der Waals surface area contributed by atoms with Crippen LogP contribution in [0.4, 0.5) is 17.3 Å². The molecule has 170 valence electrons. The highest BCUT2D eigenvalue weighted by atomic mass is 35.5. The van der Waals surface area contributed by atoms with Crippen molar-refractivity contribution < 1.29 is 4.79 Å². The first kappa shape index (κ1) is 23.1. The molecule has 3 rings (SSSR count). The quantitative estimate of drug-likeness (QED) is 0.448. The molecule has 0 atom stereocenters. The van der Waals surface area contributed by atoms with Gasteiger partial charge in [0.25, 0.3) is 5.56 Å². The Bertz CT molecular complexity index is 1210. The SMILES string of the molecule is CCCCn1c(N)c(N(C)CC(=O)Nc2ccnn2Cc2ccccc2Cl)c(=O)[nH]c1=O. The third-order valence-corrected chi connectivity index (χ3v) is 5.34. The average Bonchev–Trinajstić information content (AvgIpc) is 3.15. The van der Waals surface area contributed by atoms with Crippen LogP contribution in [0.15, 0.2) is 46.1 Å². The highest BCUT2D eigenvalue weighted by Crippen LogP contribution is 2.19. The molecule has 3 aromatic rings. The molecule has 1 aromatic carbocycles. The Morgan fingerprint density at radius 2 is 2.03 bits per heavy atom. The Morgan fingerprint density at radius 3 is 2.75 bits per heavy atom. The Hall–Kier alpha value is -3.53. The van der Waals surface area contributed by atoms with Gasteiger partial charge in [0.1, 0.15) is 17.3 Å². The van der Waals surface area contributed by atoms with E-state index in [4.69, 9.17) is 17.3 Å². The highest BCUT2D eigenvalue weighted by molar-refractivity contribution is 6.31. The summed E-state index contributed by atoms with van der Waals surface area (Å²) in [6, 6.07) is 9.05. The van der Waals surface area contributed by atoms with E-state index in [0.29, 0.717) is 23.9 Å². The first-order valence-electron chi connectivity index (χ1n) is 10.2. The number of benzene rings is 1. The van der Waals surface area contributed by atoms with E-state index in [0.717, 1.165) is 18.4 Å². The lowest BCUT2D eigenvalue weighted by molar-refractivity contribution is -0.115. The second-order valence-corrected chi connectivity index (χ2v) is 7.78. The molecule has 32 heavy (non-hydrogen) atoms. The van der Waals surface area contributed by atoms with Crippen molar-refractivity contribution in [2.24, 2.45) is 0 Å². The van der Waals surface area contributed by atoms with E-state index in [1.54, 1.807) is 30.1 Å². The second-order valence-electron chi connectivity index (χ2n) is 7.37. The first-order chi connectivity index (χ1) is 15.3. The lowest BCUT2D eigenvalue weighted by Crippen LogP contribution is -2.39. The summed E-state index contributed by atoms with van der Waals surface area (Å²) in [6.45, 7) is 2.59. The Labute approximate surface area is 189 Å². The molecule has 0 bridgehead atoms. The van der Waals surface area contributed by atoms with Gasteiger partial charge in [-0.15, -0.1) is 0 Å². The number of aromatic nitrogens is 4. The molecule has 10 nitrogen and oxygen atoms in total. The zero-order valence-electron chi connectivity index (χ0n) is 18.0. The summed E-state index contributed by atoms with van der Waals surface area (Å²) in [5.74, 6) is 0.142. The number of H-pyrrole nitrogens is 1. The van der Waals surface area contributed by atoms with E-state index in [-0.39, 0.29) is 24.0 Å². The molecule has 4 N–H and O–H groups in total. The van der Waals surface area contributed by atoms with Gasteiger partial charge in [-0.2, -0.15) is 5.10 Å². The van der Waals surface area contributed by atoms with Crippen LogP contribution >= 0.6 is 11.6 Å². The van der Waals surface area contributed by atoms with Crippen molar-refractivity contribution in [3.8, 4) is 0 Å². The predicted octanol–water partition coefficient (Wildman–Crippen LogP) is 1.89. The van der Waals surface area contributed by atoms with E-state index in [1.807, 2.05) is 25.1 Å². The maximum absolute atomic E-state index is 12.7. The third kappa shape index (κ3) is 5.20. The first-order valence-corrected chi connectivity index (χ1v) is 10.6. The van der Waals surface area contributed by atoms with Crippen LogP contribution in [0, 0.1) is 0 Å². The monoisotopic (exact) mass is 459 g/mol. The van der Waals surface area contributed by atoms with Crippen molar-refractivity contribution in [2.75, 3.05) is 29.5 Å². The summed E-state index contributed by atoms with van der Waals surface area (Å²) in [5, 5.41) is 7.63. The minimum atomic E-state index is -0.640. The number of aromatic amines is 1. The Morgan fingerprint density at radius 1 is 1.28 bits per heavy atom. The molecule has 1 amide bonds. The normalized spacial score (nSPS) is 10.8. The number of hydrogen-bond acceptors (Lipinski definition) is 6. The van der Waals surface area contributed by atoms with Crippen molar-refractivity contribution >= 4 is 34.8 Å². The van der Waals surface area contributed by atoms with Crippen LogP contribution in [0.3, 0.4) is 0 Å². The van der Waals surface area contributed by atoms with Crippen molar-refractivity contribution in [2.45, 2.75) is 32.9 Å². The van der Waals surface area contributed by atoms with Crippen molar-refractivity contribution in [3.05, 3.63) is 68.0 Å². The van der Waals surface area contributed by atoms with Gasteiger partial charge in [0.15, 0.2) is 0 Å². The van der Waals surface area contributed by atoms with Crippen LogP contribution in [-0.2, 0) is 17.9 Å². The second kappa shape index (κ2) is 10.2. The standard InChI is InChI=1S/C21H26ClN7O3/c1-3-4-11-28-19(23)18(20(31)26-21(28)32)27(2)13-17(30)25-16-9-10-24-29(16)12-14-7-5-6-8-15(14)22/h5-10H,3-4,11-13,23H2,1-2H3,(H,25,30)(H,26,31,32). The Kier molecular flexibility index (Phi) is 7.37. The zero-order chi connectivity index (χ0) is 23.3. The number of nitrogen functional groups attached to an aromatic ring is 1. The van der Waals surface area contributed by atoms with Gasteiger partial charge in [0.05, 0.1) is 19.3 Å². The van der Waals surface area contributed by atoms with Gasteiger partial charge in [0.2, 0.25) is 5.91 Å². The number of carbonyl (C=O) groups is 1. The van der Waals surface area contributed by atoms with Gasteiger partial charge < -0.3 is 16.0 Å². The van der Waals surface area contributed by atoms with Crippen molar-refractivity contribution in [3.63, 3.8) is 0 Å². The van der Waals surface area contributed by atoms with Crippen LogP contribution in [0.5, 0.6) is 0 Å². The van der Waals surface area contributed by atoms with Gasteiger partial charge >= 0.3 is 5.69 Å². The predicted molar refractivity (Wildman–Crippen MR) is 125 cm³/mol. The molecule has 0 unspecified atom stereocenters. The highest BCUT2D eigenvalue weighted by Gasteiger charge is 2.19. The van der Waals surface area contributed by atoms with E-state index in [2.05, 4.69) is 15.4 Å². The molecular weight excluding hydrogens is 434 g/mol. The van der Waals surface area contributed by atoms with Crippen molar-refractivity contribution in [1.82, 2.24) is 19.3 Å². The van der Waals surface area contributed by atoms with Gasteiger partial charge in [-0.05, 0) is 18.1 Å². The molecule has 0 fully saturated rings. The fourth-order valence-corrected chi connectivity index (χ4v) is 3.51.